The van der Waals surface area contributed by atoms with Crippen molar-refractivity contribution in [2.24, 2.45) is 17.2 Å². The van der Waals surface area contributed by atoms with Gasteiger partial charge in [0.1, 0.15) is 0 Å². The van der Waals surface area contributed by atoms with Crippen molar-refractivity contribution < 1.29 is 0 Å². The van der Waals surface area contributed by atoms with E-state index in [9.17, 15) is 0 Å². The summed E-state index contributed by atoms with van der Waals surface area (Å²) in [6.07, 6.45) is 12.8. The van der Waals surface area contributed by atoms with Crippen molar-refractivity contribution in [1.82, 2.24) is 5.43 Å². The molecule has 2 atom stereocenters. The minimum absolute atomic E-state index is 0.385. The van der Waals surface area contributed by atoms with Crippen LogP contribution >= 0.6 is 0 Å². The Kier molecular flexibility index (Phi) is 7.09. The SMILES string of the molecule is CC(CC(NN)C1=CCCCCCC1)CC(C)(C)C. The molecule has 2 nitrogen and oxygen atoms in total. The van der Waals surface area contributed by atoms with Crippen LogP contribution in [0.25, 0.3) is 0 Å². The maximum absolute atomic E-state index is 5.81. The lowest BCUT2D eigenvalue weighted by Gasteiger charge is -2.28. The molecule has 1 aliphatic carbocycles. The van der Waals surface area contributed by atoms with Gasteiger partial charge in [0.25, 0.3) is 0 Å². The molecule has 0 saturated carbocycles. The van der Waals surface area contributed by atoms with Gasteiger partial charge < -0.3 is 0 Å². The molecule has 0 aliphatic heterocycles. The molecule has 3 N–H and O–H groups in total. The molecule has 0 saturated heterocycles. The Bertz CT molecular complexity index is 275. The van der Waals surface area contributed by atoms with E-state index in [4.69, 9.17) is 5.84 Å². The van der Waals surface area contributed by atoms with Gasteiger partial charge in [-0.25, -0.2) is 0 Å². The zero-order chi connectivity index (χ0) is 14.3. The Labute approximate surface area is 120 Å². The molecule has 2 unspecified atom stereocenters. The van der Waals surface area contributed by atoms with E-state index in [1.807, 2.05) is 0 Å². The van der Waals surface area contributed by atoms with Gasteiger partial charge in [0.05, 0.1) is 0 Å². The van der Waals surface area contributed by atoms with Crippen LogP contribution in [0.4, 0.5) is 0 Å². The lowest BCUT2D eigenvalue weighted by Crippen LogP contribution is -2.38. The summed E-state index contributed by atoms with van der Waals surface area (Å²) in [7, 11) is 0. The molecule has 19 heavy (non-hydrogen) atoms. The number of nitrogens with two attached hydrogens (primary N) is 1. The lowest BCUT2D eigenvalue weighted by atomic mass is 9.81. The second-order valence-corrected chi connectivity index (χ2v) is 7.56. The predicted octanol–water partition coefficient (Wildman–Crippen LogP) is 4.56. The van der Waals surface area contributed by atoms with Gasteiger partial charge in [0.15, 0.2) is 0 Å². The van der Waals surface area contributed by atoms with E-state index in [-0.39, 0.29) is 0 Å². The number of hydrogen-bond acceptors (Lipinski definition) is 2. The third-order valence-corrected chi connectivity index (χ3v) is 4.07. The zero-order valence-electron chi connectivity index (χ0n) is 13.5. The van der Waals surface area contributed by atoms with E-state index < -0.39 is 0 Å². The van der Waals surface area contributed by atoms with E-state index >= 15 is 0 Å². The molecule has 0 radical (unpaired) electrons. The molecule has 0 aromatic heterocycles. The van der Waals surface area contributed by atoms with E-state index in [0.717, 1.165) is 0 Å². The average molecular weight is 266 g/mol. The van der Waals surface area contributed by atoms with Crippen LogP contribution in [0.2, 0.25) is 0 Å². The predicted molar refractivity (Wildman–Crippen MR) is 84.7 cm³/mol. The Hall–Kier alpha value is -0.340. The minimum Gasteiger partial charge on any atom is -0.271 e. The summed E-state index contributed by atoms with van der Waals surface area (Å²) in [6, 6.07) is 0.385. The Balaban J connectivity index is 2.55. The summed E-state index contributed by atoms with van der Waals surface area (Å²) in [5.74, 6) is 6.53. The van der Waals surface area contributed by atoms with Crippen LogP contribution in [0.1, 0.15) is 79.1 Å². The maximum Gasteiger partial charge on any atom is 0.0422 e. The Morgan fingerprint density at radius 1 is 1.21 bits per heavy atom. The second-order valence-electron chi connectivity index (χ2n) is 7.56. The summed E-state index contributed by atoms with van der Waals surface area (Å²) in [6.45, 7) is 9.33. The Morgan fingerprint density at radius 2 is 1.89 bits per heavy atom. The first-order chi connectivity index (χ1) is 8.92. The normalized spacial score (nSPS) is 21.2. The molecule has 1 rings (SSSR count). The highest BCUT2D eigenvalue weighted by molar-refractivity contribution is 5.11. The van der Waals surface area contributed by atoms with Crippen molar-refractivity contribution >= 4 is 0 Å². The average Bonchev–Trinajstić information content (AvgIpc) is 2.23. The molecule has 112 valence electrons. The van der Waals surface area contributed by atoms with Gasteiger partial charge in [0.2, 0.25) is 0 Å². The number of nitrogens with one attached hydrogen (secondary N) is 1. The van der Waals surface area contributed by atoms with Gasteiger partial charge in [-0.05, 0) is 49.9 Å². The fourth-order valence-electron chi connectivity index (χ4n) is 3.39. The smallest absolute Gasteiger partial charge is 0.0422 e. The van der Waals surface area contributed by atoms with Gasteiger partial charge >= 0.3 is 0 Å². The van der Waals surface area contributed by atoms with Crippen LogP contribution in [0.15, 0.2) is 11.6 Å². The van der Waals surface area contributed by atoms with Crippen LogP contribution in [-0.4, -0.2) is 6.04 Å². The highest BCUT2D eigenvalue weighted by atomic mass is 15.2. The van der Waals surface area contributed by atoms with Gasteiger partial charge in [-0.15, -0.1) is 0 Å². The molecule has 0 heterocycles. The van der Waals surface area contributed by atoms with Crippen molar-refractivity contribution in [1.29, 1.82) is 0 Å². The molecule has 1 aliphatic rings. The quantitative estimate of drug-likeness (QED) is 0.435. The monoisotopic (exact) mass is 266 g/mol. The fourth-order valence-corrected chi connectivity index (χ4v) is 3.39. The van der Waals surface area contributed by atoms with Crippen LogP contribution in [0, 0.1) is 11.3 Å². The third-order valence-electron chi connectivity index (χ3n) is 4.07. The summed E-state index contributed by atoms with van der Waals surface area (Å²) in [5, 5.41) is 0. The lowest BCUT2D eigenvalue weighted by molar-refractivity contribution is 0.281. The Morgan fingerprint density at radius 3 is 2.53 bits per heavy atom. The molecule has 0 aromatic rings. The molecule has 0 bridgehead atoms. The molecule has 0 spiro atoms. The molecule has 2 heteroatoms. The van der Waals surface area contributed by atoms with Gasteiger partial charge in [0, 0.05) is 6.04 Å². The second kappa shape index (κ2) is 8.06. The highest BCUT2D eigenvalue weighted by Crippen LogP contribution is 2.29. The maximum atomic E-state index is 5.81. The summed E-state index contributed by atoms with van der Waals surface area (Å²) < 4.78 is 0. The van der Waals surface area contributed by atoms with E-state index in [1.54, 1.807) is 5.57 Å². The van der Waals surface area contributed by atoms with Crippen molar-refractivity contribution in [2.75, 3.05) is 0 Å². The first kappa shape index (κ1) is 16.7. The van der Waals surface area contributed by atoms with Crippen LogP contribution in [-0.2, 0) is 0 Å². The largest absolute Gasteiger partial charge is 0.271 e. The van der Waals surface area contributed by atoms with Gasteiger partial charge in [-0.3, -0.25) is 11.3 Å². The van der Waals surface area contributed by atoms with Crippen molar-refractivity contribution in [3.05, 3.63) is 11.6 Å². The van der Waals surface area contributed by atoms with Crippen LogP contribution < -0.4 is 11.3 Å². The molecule has 0 fully saturated rings. The molecule has 0 amide bonds. The standard InChI is InChI=1S/C17H34N2/c1-14(13-17(2,3)4)12-16(19-18)15-10-8-6-5-7-9-11-15/h10,14,16,19H,5-9,11-13,18H2,1-4H3. The number of rotatable bonds is 5. The molecule has 0 aromatic carbocycles. The highest BCUT2D eigenvalue weighted by Gasteiger charge is 2.21. The number of hydrogen-bond donors (Lipinski definition) is 2. The third kappa shape index (κ3) is 7.12. The van der Waals surface area contributed by atoms with Gasteiger partial charge in [-0.1, -0.05) is 52.2 Å². The first-order valence-electron chi connectivity index (χ1n) is 8.07. The fraction of sp³-hybridized carbons (Fsp3) is 0.882. The van der Waals surface area contributed by atoms with E-state index in [0.29, 0.717) is 17.4 Å². The zero-order valence-corrected chi connectivity index (χ0v) is 13.5. The van der Waals surface area contributed by atoms with E-state index in [1.165, 1.54) is 51.4 Å². The topological polar surface area (TPSA) is 38.0 Å². The van der Waals surface area contributed by atoms with Crippen LogP contribution in [0.5, 0.6) is 0 Å². The van der Waals surface area contributed by atoms with Crippen molar-refractivity contribution in [2.45, 2.75) is 85.1 Å². The summed E-state index contributed by atoms with van der Waals surface area (Å²) in [4.78, 5) is 0. The summed E-state index contributed by atoms with van der Waals surface area (Å²) >= 11 is 0. The molecular weight excluding hydrogens is 232 g/mol. The minimum atomic E-state index is 0.385. The number of hydrazine groups is 1. The number of allylic oxidation sites excluding steroid dienone is 1. The molecular formula is C17H34N2. The first-order valence-corrected chi connectivity index (χ1v) is 8.07. The van der Waals surface area contributed by atoms with Crippen LogP contribution in [0.3, 0.4) is 0 Å². The summed E-state index contributed by atoms with van der Waals surface area (Å²) in [5.41, 5.74) is 5.04. The van der Waals surface area contributed by atoms with Gasteiger partial charge in [-0.2, -0.15) is 0 Å². The van der Waals surface area contributed by atoms with Crippen molar-refractivity contribution in [3.8, 4) is 0 Å². The van der Waals surface area contributed by atoms with E-state index in [2.05, 4.69) is 39.2 Å². The van der Waals surface area contributed by atoms with Crippen molar-refractivity contribution in [3.63, 3.8) is 0 Å².